The van der Waals surface area contributed by atoms with Crippen LogP contribution in [0.3, 0.4) is 0 Å². The van der Waals surface area contributed by atoms with Gasteiger partial charge in [-0.2, -0.15) is 0 Å². The van der Waals surface area contributed by atoms with Gasteiger partial charge in [0.05, 0.1) is 17.7 Å². The quantitative estimate of drug-likeness (QED) is 0.493. The number of thiophene rings is 2. The fraction of sp³-hybridized carbons (Fsp3) is 0. The van der Waals surface area contributed by atoms with Gasteiger partial charge in [-0.3, -0.25) is 0 Å². The molecule has 70 valence electrons. The molecule has 4 heteroatoms. The van der Waals surface area contributed by atoms with E-state index in [9.17, 15) is 0 Å². The number of benzene rings is 1. The molecular weight excluding hydrogens is 344 g/mol. The third-order valence-corrected chi connectivity index (χ3v) is 7.17. The maximum absolute atomic E-state index is 3.60. The number of halogens is 2. The molecule has 0 unspecified atom stereocenters. The molecule has 3 aromatic rings. The molecule has 0 radical (unpaired) electrons. The van der Waals surface area contributed by atoms with Crippen LogP contribution < -0.4 is 0 Å². The van der Waals surface area contributed by atoms with Gasteiger partial charge in [0.15, 0.2) is 0 Å². The van der Waals surface area contributed by atoms with Crippen molar-refractivity contribution in [3.8, 4) is 0 Å². The van der Waals surface area contributed by atoms with Gasteiger partial charge in [0.1, 0.15) is 0 Å². The molecule has 0 N–H and O–H groups in total. The van der Waals surface area contributed by atoms with Crippen LogP contribution in [0.5, 0.6) is 0 Å². The van der Waals surface area contributed by atoms with Gasteiger partial charge in [0, 0.05) is 10.1 Å². The first-order chi connectivity index (χ1) is 6.77. The molecule has 2 heterocycles. The normalized spacial score (nSPS) is 11.6. The monoisotopic (exact) mass is 346 g/mol. The van der Waals surface area contributed by atoms with Crippen LogP contribution in [0, 0.1) is 0 Å². The van der Waals surface area contributed by atoms with Crippen LogP contribution in [-0.4, -0.2) is 0 Å². The van der Waals surface area contributed by atoms with Crippen LogP contribution in [-0.2, 0) is 0 Å². The molecule has 2 aromatic heterocycles. The average Bonchev–Trinajstić information content (AvgIpc) is 2.67. The molecule has 0 aliphatic rings. The van der Waals surface area contributed by atoms with E-state index in [4.69, 9.17) is 0 Å². The van der Waals surface area contributed by atoms with Crippen molar-refractivity contribution < 1.29 is 0 Å². The first-order valence-corrected chi connectivity index (χ1v) is 7.24. The minimum atomic E-state index is 1.18. The summed E-state index contributed by atoms with van der Waals surface area (Å²) in [4.78, 5) is 0. The smallest absolute Gasteiger partial charge is 0.0861 e. The van der Waals surface area contributed by atoms with E-state index in [1.165, 1.54) is 27.7 Å². The van der Waals surface area contributed by atoms with Crippen molar-refractivity contribution in [2.45, 2.75) is 0 Å². The van der Waals surface area contributed by atoms with E-state index in [2.05, 4.69) is 56.1 Å². The van der Waals surface area contributed by atoms with Gasteiger partial charge in [-0.25, -0.2) is 0 Å². The van der Waals surface area contributed by atoms with Crippen LogP contribution >= 0.6 is 54.5 Å². The first kappa shape index (κ1) is 9.33. The molecule has 3 rings (SSSR count). The maximum atomic E-state index is 3.60. The van der Waals surface area contributed by atoms with Gasteiger partial charge in [-0.15, -0.1) is 22.7 Å². The van der Waals surface area contributed by atoms with E-state index in [1.807, 2.05) is 11.3 Å². The highest BCUT2D eigenvalue weighted by molar-refractivity contribution is 9.13. The van der Waals surface area contributed by atoms with E-state index < -0.39 is 0 Å². The fourth-order valence-electron chi connectivity index (χ4n) is 1.49. The maximum Gasteiger partial charge on any atom is 0.0861 e. The highest BCUT2D eigenvalue weighted by Crippen LogP contribution is 2.47. The van der Waals surface area contributed by atoms with Gasteiger partial charge >= 0.3 is 0 Å². The number of hydrogen-bond acceptors (Lipinski definition) is 2. The lowest BCUT2D eigenvalue weighted by Gasteiger charge is -1.86. The number of rotatable bonds is 0. The van der Waals surface area contributed by atoms with Crippen molar-refractivity contribution in [2.75, 3.05) is 0 Å². The predicted molar refractivity (Wildman–Crippen MR) is 72.6 cm³/mol. The fourth-order valence-corrected chi connectivity index (χ4v) is 5.40. The molecule has 0 saturated carbocycles. The molecule has 0 fully saturated rings. The Bertz CT molecular complexity index is 621. The molecule has 0 bridgehead atoms. The molecule has 14 heavy (non-hydrogen) atoms. The van der Waals surface area contributed by atoms with E-state index in [1.54, 1.807) is 11.3 Å². The van der Waals surface area contributed by atoms with Crippen LogP contribution in [0.15, 0.2) is 32.5 Å². The van der Waals surface area contributed by atoms with E-state index in [-0.39, 0.29) is 0 Å². The van der Waals surface area contributed by atoms with Gasteiger partial charge in [-0.05, 0) is 37.9 Å². The second kappa shape index (κ2) is 3.30. The molecule has 0 aliphatic heterocycles. The van der Waals surface area contributed by atoms with Gasteiger partial charge in [-0.1, -0.05) is 18.2 Å². The molecule has 1 aromatic carbocycles. The Kier molecular flexibility index (Phi) is 2.20. The molecular formula is C10H4Br2S2. The third-order valence-electron chi connectivity index (χ3n) is 2.11. The molecule has 0 atom stereocenters. The van der Waals surface area contributed by atoms with Gasteiger partial charge in [0.2, 0.25) is 0 Å². The summed E-state index contributed by atoms with van der Waals surface area (Å²) in [5.74, 6) is 0. The Labute approximate surface area is 106 Å². The van der Waals surface area contributed by atoms with Crippen LogP contribution in [0.4, 0.5) is 0 Å². The largest absolute Gasteiger partial charge is 0.133 e. The zero-order valence-electron chi connectivity index (χ0n) is 6.88. The van der Waals surface area contributed by atoms with Crippen molar-refractivity contribution in [2.24, 2.45) is 0 Å². The first-order valence-electron chi connectivity index (χ1n) is 4.02. The van der Waals surface area contributed by atoms with Crippen molar-refractivity contribution >= 4 is 74.0 Å². The zero-order valence-corrected chi connectivity index (χ0v) is 11.7. The van der Waals surface area contributed by atoms with Crippen LogP contribution in [0.1, 0.15) is 0 Å². The summed E-state index contributed by atoms with van der Waals surface area (Å²) in [6.45, 7) is 0. The lowest BCUT2D eigenvalue weighted by atomic mass is 10.2. The summed E-state index contributed by atoms with van der Waals surface area (Å²) in [5, 5.41) is 1.36. The summed E-state index contributed by atoms with van der Waals surface area (Å²) in [6, 6.07) is 8.54. The summed E-state index contributed by atoms with van der Waals surface area (Å²) in [7, 11) is 0. The average molecular weight is 348 g/mol. The molecule has 0 spiro atoms. The van der Waals surface area contributed by atoms with Crippen molar-refractivity contribution in [1.82, 2.24) is 0 Å². The Balaban J connectivity index is 2.60. The van der Waals surface area contributed by atoms with Crippen molar-refractivity contribution in [3.63, 3.8) is 0 Å². The topological polar surface area (TPSA) is 0 Å². The van der Waals surface area contributed by atoms with Crippen LogP contribution in [0.25, 0.3) is 19.5 Å². The number of hydrogen-bond donors (Lipinski definition) is 0. The second-order valence-electron chi connectivity index (χ2n) is 2.95. The highest BCUT2D eigenvalue weighted by Gasteiger charge is 2.12. The Morgan fingerprint density at radius 3 is 2.57 bits per heavy atom. The Hall–Kier alpha value is 0.1000. The SMILES string of the molecule is Brc1sc2c(sc3ccccc32)c1Br. The Morgan fingerprint density at radius 2 is 1.71 bits per heavy atom. The van der Waals surface area contributed by atoms with Crippen molar-refractivity contribution in [3.05, 3.63) is 32.5 Å². The summed E-state index contributed by atoms with van der Waals surface area (Å²) >= 11 is 10.8. The number of fused-ring (bicyclic) bond motifs is 3. The third kappa shape index (κ3) is 1.21. The van der Waals surface area contributed by atoms with E-state index in [0.29, 0.717) is 0 Å². The standard InChI is InChI=1S/C10H4Br2S2/c11-7-9-8(14-10(7)12)5-3-1-2-4-6(5)13-9/h1-4H. The predicted octanol–water partition coefficient (Wildman–Crippen LogP) is 5.64. The summed E-state index contributed by atoms with van der Waals surface area (Å²) in [5.41, 5.74) is 0. The molecule has 0 aliphatic carbocycles. The second-order valence-corrected chi connectivity index (χ2v) is 7.13. The molecule has 0 amide bonds. The summed E-state index contributed by atoms with van der Waals surface area (Å²) < 4.78 is 6.47. The van der Waals surface area contributed by atoms with E-state index in [0.717, 1.165) is 0 Å². The van der Waals surface area contributed by atoms with E-state index >= 15 is 0 Å². The zero-order chi connectivity index (χ0) is 9.71. The minimum absolute atomic E-state index is 1.18. The summed E-state index contributed by atoms with van der Waals surface area (Å²) in [6.07, 6.45) is 0. The lowest BCUT2D eigenvalue weighted by Crippen LogP contribution is -1.58. The van der Waals surface area contributed by atoms with Gasteiger partial charge < -0.3 is 0 Å². The molecule has 0 nitrogen and oxygen atoms in total. The van der Waals surface area contributed by atoms with Crippen LogP contribution in [0.2, 0.25) is 0 Å². The molecule has 0 saturated heterocycles. The highest BCUT2D eigenvalue weighted by atomic mass is 79.9. The Morgan fingerprint density at radius 1 is 0.929 bits per heavy atom. The lowest BCUT2D eigenvalue weighted by molar-refractivity contribution is 1.87. The van der Waals surface area contributed by atoms with Crippen molar-refractivity contribution in [1.29, 1.82) is 0 Å². The van der Waals surface area contributed by atoms with Gasteiger partial charge in [0.25, 0.3) is 0 Å². The minimum Gasteiger partial charge on any atom is -0.133 e.